The lowest BCUT2D eigenvalue weighted by molar-refractivity contribution is -0.142. The predicted molar refractivity (Wildman–Crippen MR) is 70.0 cm³/mol. The molecule has 0 heterocycles. The van der Waals surface area contributed by atoms with Gasteiger partial charge in [0.05, 0.1) is 11.5 Å². The molecule has 0 spiro atoms. The number of carboxylic acids is 1. The van der Waals surface area contributed by atoms with Crippen LogP contribution in [0.5, 0.6) is 5.75 Å². The van der Waals surface area contributed by atoms with E-state index in [2.05, 4.69) is 5.32 Å². The summed E-state index contributed by atoms with van der Waals surface area (Å²) in [4.78, 5) is 11.0. The third-order valence-electron chi connectivity index (χ3n) is 3.16. The van der Waals surface area contributed by atoms with Crippen molar-refractivity contribution in [2.75, 3.05) is 11.9 Å². The van der Waals surface area contributed by atoms with Crippen LogP contribution in [-0.2, 0) is 4.79 Å². The molecule has 4 nitrogen and oxygen atoms in total. The molecule has 18 heavy (non-hydrogen) atoms. The summed E-state index contributed by atoms with van der Waals surface area (Å²) in [6, 6.07) is 7.61. The number of benzene rings is 1. The van der Waals surface area contributed by atoms with E-state index in [9.17, 15) is 4.79 Å². The van der Waals surface area contributed by atoms with Crippen molar-refractivity contribution >= 4 is 11.7 Å². The number of hydrogen-bond acceptors (Lipinski definition) is 3. The molecule has 0 aromatic heterocycles. The highest BCUT2D eigenvalue weighted by atomic mass is 16.5. The Morgan fingerprint density at radius 1 is 1.39 bits per heavy atom. The first kappa shape index (κ1) is 12.7. The number of nitrogens with one attached hydrogen (secondary N) is 1. The largest absolute Gasteiger partial charge is 0.491 e. The molecular formula is C14H19NO3. The van der Waals surface area contributed by atoms with E-state index in [0.717, 1.165) is 24.3 Å². The van der Waals surface area contributed by atoms with Gasteiger partial charge in [0.25, 0.3) is 0 Å². The molecule has 4 heteroatoms. The monoisotopic (exact) mass is 249 g/mol. The van der Waals surface area contributed by atoms with Gasteiger partial charge in [-0.25, -0.2) is 0 Å². The summed E-state index contributed by atoms with van der Waals surface area (Å²) in [6.45, 7) is 4.46. The SMILES string of the molecule is CC(C)Oc1ccc(NCC2(C(=O)O)CC2)cc1. The number of rotatable bonds is 6. The van der Waals surface area contributed by atoms with Crippen molar-refractivity contribution in [1.29, 1.82) is 0 Å². The minimum absolute atomic E-state index is 0.158. The minimum Gasteiger partial charge on any atom is -0.491 e. The molecule has 0 unspecified atom stereocenters. The first-order valence-corrected chi connectivity index (χ1v) is 6.26. The fourth-order valence-corrected chi connectivity index (χ4v) is 1.81. The Hall–Kier alpha value is -1.71. The van der Waals surface area contributed by atoms with Crippen LogP contribution in [0.2, 0.25) is 0 Å². The molecule has 1 fully saturated rings. The van der Waals surface area contributed by atoms with Crippen LogP contribution >= 0.6 is 0 Å². The van der Waals surface area contributed by atoms with Gasteiger partial charge in [-0.15, -0.1) is 0 Å². The van der Waals surface area contributed by atoms with Gasteiger partial charge in [0.1, 0.15) is 5.75 Å². The smallest absolute Gasteiger partial charge is 0.311 e. The fourth-order valence-electron chi connectivity index (χ4n) is 1.81. The van der Waals surface area contributed by atoms with Crippen molar-refractivity contribution in [2.45, 2.75) is 32.8 Å². The number of carbonyl (C=O) groups is 1. The molecule has 1 aromatic carbocycles. The molecule has 0 atom stereocenters. The van der Waals surface area contributed by atoms with Crippen LogP contribution in [0.25, 0.3) is 0 Å². The summed E-state index contributed by atoms with van der Waals surface area (Å²) in [5, 5.41) is 12.2. The Morgan fingerprint density at radius 2 is 2.00 bits per heavy atom. The minimum atomic E-state index is -0.699. The van der Waals surface area contributed by atoms with Crippen molar-refractivity contribution in [3.63, 3.8) is 0 Å². The van der Waals surface area contributed by atoms with Crippen LogP contribution in [0, 0.1) is 5.41 Å². The molecule has 1 aromatic rings. The molecule has 1 aliphatic carbocycles. The second-order valence-electron chi connectivity index (χ2n) is 5.13. The van der Waals surface area contributed by atoms with Crippen LogP contribution < -0.4 is 10.1 Å². The van der Waals surface area contributed by atoms with Gasteiger partial charge < -0.3 is 15.2 Å². The fraction of sp³-hybridized carbons (Fsp3) is 0.500. The topological polar surface area (TPSA) is 58.6 Å². The van der Waals surface area contributed by atoms with Gasteiger partial charge in [-0.1, -0.05) is 0 Å². The second-order valence-corrected chi connectivity index (χ2v) is 5.13. The molecular weight excluding hydrogens is 230 g/mol. The lowest BCUT2D eigenvalue weighted by atomic mass is 10.1. The molecule has 0 radical (unpaired) electrons. The number of carboxylic acid groups (broad SMARTS) is 1. The lowest BCUT2D eigenvalue weighted by Gasteiger charge is -2.13. The molecule has 98 valence electrons. The summed E-state index contributed by atoms with van der Waals surface area (Å²) in [5.74, 6) is 0.129. The third kappa shape index (κ3) is 2.94. The van der Waals surface area contributed by atoms with E-state index in [1.54, 1.807) is 0 Å². The number of hydrogen-bond donors (Lipinski definition) is 2. The summed E-state index contributed by atoms with van der Waals surface area (Å²) in [6.07, 6.45) is 1.69. The maximum Gasteiger partial charge on any atom is 0.311 e. The van der Waals surface area contributed by atoms with Gasteiger partial charge in [-0.2, -0.15) is 0 Å². The lowest BCUT2D eigenvalue weighted by Crippen LogP contribution is -2.24. The molecule has 1 aliphatic rings. The molecule has 0 saturated heterocycles. The number of ether oxygens (including phenoxy) is 1. The van der Waals surface area contributed by atoms with Gasteiger partial charge in [-0.3, -0.25) is 4.79 Å². The summed E-state index contributed by atoms with van der Waals surface area (Å²) in [5.41, 5.74) is 0.395. The van der Waals surface area contributed by atoms with Crippen molar-refractivity contribution < 1.29 is 14.6 Å². The van der Waals surface area contributed by atoms with Gasteiger partial charge >= 0.3 is 5.97 Å². The summed E-state index contributed by atoms with van der Waals surface area (Å²) >= 11 is 0. The molecule has 0 aliphatic heterocycles. The standard InChI is InChI=1S/C14H19NO3/c1-10(2)18-12-5-3-11(4-6-12)15-9-14(7-8-14)13(16)17/h3-6,10,15H,7-9H2,1-2H3,(H,16,17). The van der Waals surface area contributed by atoms with Gasteiger partial charge in [0, 0.05) is 12.2 Å². The Balaban J connectivity index is 1.89. The quantitative estimate of drug-likeness (QED) is 0.814. The van der Waals surface area contributed by atoms with Crippen LogP contribution in [0.3, 0.4) is 0 Å². The van der Waals surface area contributed by atoms with E-state index < -0.39 is 11.4 Å². The van der Waals surface area contributed by atoms with Crippen molar-refractivity contribution in [2.24, 2.45) is 5.41 Å². The predicted octanol–water partition coefficient (Wildman–Crippen LogP) is 2.75. The van der Waals surface area contributed by atoms with Crippen molar-refractivity contribution in [3.05, 3.63) is 24.3 Å². The average molecular weight is 249 g/mol. The highest BCUT2D eigenvalue weighted by molar-refractivity contribution is 5.78. The molecule has 0 amide bonds. The number of aliphatic carboxylic acids is 1. The Morgan fingerprint density at radius 3 is 2.44 bits per heavy atom. The molecule has 2 N–H and O–H groups in total. The Kier molecular flexibility index (Phi) is 3.45. The number of anilines is 1. The van der Waals surface area contributed by atoms with E-state index in [-0.39, 0.29) is 6.10 Å². The van der Waals surface area contributed by atoms with Crippen LogP contribution in [0.1, 0.15) is 26.7 Å². The zero-order valence-electron chi connectivity index (χ0n) is 10.8. The Labute approximate surface area is 107 Å². The van der Waals surface area contributed by atoms with Crippen LogP contribution in [0.15, 0.2) is 24.3 Å². The van der Waals surface area contributed by atoms with Crippen molar-refractivity contribution in [1.82, 2.24) is 0 Å². The highest BCUT2D eigenvalue weighted by Crippen LogP contribution is 2.45. The van der Waals surface area contributed by atoms with Crippen molar-refractivity contribution in [3.8, 4) is 5.75 Å². The average Bonchev–Trinajstić information content (AvgIpc) is 3.08. The normalized spacial score (nSPS) is 16.4. The van der Waals surface area contributed by atoms with Crippen LogP contribution in [0.4, 0.5) is 5.69 Å². The second kappa shape index (κ2) is 4.88. The van der Waals surface area contributed by atoms with E-state index in [4.69, 9.17) is 9.84 Å². The highest BCUT2D eigenvalue weighted by Gasteiger charge is 2.49. The maximum atomic E-state index is 11.0. The molecule has 1 saturated carbocycles. The summed E-state index contributed by atoms with van der Waals surface area (Å²) in [7, 11) is 0. The molecule has 0 bridgehead atoms. The third-order valence-corrected chi connectivity index (χ3v) is 3.16. The van der Waals surface area contributed by atoms with Gasteiger partial charge in [0.2, 0.25) is 0 Å². The Bertz CT molecular complexity index is 421. The van der Waals surface area contributed by atoms with Crippen LogP contribution in [-0.4, -0.2) is 23.7 Å². The van der Waals surface area contributed by atoms with E-state index in [0.29, 0.717) is 6.54 Å². The molecule has 2 rings (SSSR count). The first-order chi connectivity index (χ1) is 8.52. The maximum absolute atomic E-state index is 11.0. The zero-order valence-corrected chi connectivity index (χ0v) is 10.8. The van der Waals surface area contributed by atoms with E-state index >= 15 is 0 Å². The van der Waals surface area contributed by atoms with E-state index in [1.807, 2.05) is 38.1 Å². The van der Waals surface area contributed by atoms with Gasteiger partial charge in [-0.05, 0) is 51.0 Å². The van der Waals surface area contributed by atoms with E-state index in [1.165, 1.54) is 0 Å². The summed E-state index contributed by atoms with van der Waals surface area (Å²) < 4.78 is 5.54. The zero-order chi connectivity index (χ0) is 13.2. The first-order valence-electron chi connectivity index (χ1n) is 6.26. The van der Waals surface area contributed by atoms with Gasteiger partial charge in [0.15, 0.2) is 0 Å².